The molecule has 4 aromatic rings. The Morgan fingerprint density at radius 1 is 1.19 bits per heavy atom. The van der Waals surface area contributed by atoms with Crippen LogP contribution in [0.1, 0.15) is 12.8 Å². The van der Waals surface area contributed by atoms with Crippen LogP contribution in [0.15, 0.2) is 36.7 Å². The van der Waals surface area contributed by atoms with Gasteiger partial charge in [-0.15, -0.1) is 0 Å². The number of nitrogens with one attached hydrogen (secondary N) is 1. The molecule has 31 heavy (non-hydrogen) atoms. The molecule has 1 saturated carbocycles. The third-order valence-electron chi connectivity index (χ3n) is 6.39. The number of hydrogen-bond acceptors (Lipinski definition) is 6. The van der Waals surface area contributed by atoms with Crippen molar-refractivity contribution in [3.05, 3.63) is 42.5 Å². The van der Waals surface area contributed by atoms with E-state index in [2.05, 4.69) is 37.4 Å². The summed E-state index contributed by atoms with van der Waals surface area (Å²) in [5.41, 5.74) is 3.52. The highest BCUT2D eigenvalue weighted by atomic mass is 19.1. The average Bonchev–Trinajstić information content (AvgIpc) is 3.57. The van der Waals surface area contributed by atoms with Crippen LogP contribution in [-0.2, 0) is 7.05 Å². The lowest BCUT2D eigenvalue weighted by Crippen LogP contribution is -2.51. The fourth-order valence-electron chi connectivity index (χ4n) is 4.59. The first kappa shape index (κ1) is 18.5. The summed E-state index contributed by atoms with van der Waals surface area (Å²) >= 11 is 0. The molecule has 2 aromatic carbocycles. The zero-order valence-corrected chi connectivity index (χ0v) is 17.2. The topological polar surface area (TPSA) is 79.1 Å². The number of hydrogen-bond donors (Lipinski definition) is 2. The standard InChI is InChI=1S/C23H23FN6O/c1-29-11-14-8-16(23(31)21(24)22(14)28-29)19-10-26-18-9-15(4-5-17(18)27-19)30-7-6-25-20(12-30)13-2-3-13/h4-5,8-11,13,20,25,31H,2-3,6-7,12H2,1H3/t20-/m1/s1. The molecule has 6 rings (SSSR count). The third kappa shape index (κ3) is 3.18. The molecule has 2 N–H and O–H groups in total. The van der Waals surface area contributed by atoms with Gasteiger partial charge in [-0.3, -0.25) is 9.67 Å². The van der Waals surface area contributed by atoms with Crippen LogP contribution in [0.5, 0.6) is 5.75 Å². The molecule has 0 spiro atoms. The van der Waals surface area contributed by atoms with Gasteiger partial charge >= 0.3 is 0 Å². The number of benzene rings is 2. The van der Waals surface area contributed by atoms with Crippen molar-refractivity contribution in [3.8, 4) is 17.0 Å². The maximum Gasteiger partial charge on any atom is 0.193 e. The van der Waals surface area contributed by atoms with Crippen LogP contribution < -0.4 is 10.2 Å². The summed E-state index contributed by atoms with van der Waals surface area (Å²) in [6.07, 6.45) is 5.96. The van der Waals surface area contributed by atoms with Gasteiger partial charge < -0.3 is 15.3 Å². The summed E-state index contributed by atoms with van der Waals surface area (Å²) in [5.74, 6) is -0.381. The predicted octanol–water partition coefficient (Wildman–Crippen LogP) is 3.22. The molecule has 0 amide bonds. The van der Waals surface area contributed by atoms with E-state index in [1.54, 1.807) is 25.5 Å². The Morgan fingerprint density at radius 2 is 2.06 bits per heavy atom. The van der Waals surface area contributed by atoms with E-state index in [0.717, 1.165) is 36.8 Å². The molecule has 158 valence electrons. The number of aromatic hydroxyl groups is 1. The fraction of sp³-hybridized carbons (Fsp3) is 0.348. The SMILES string of the molecule is Cn1cc2cc(-c3cnc4cc(N5CCN[C@@H](C6CC6)C5)ccc4n3)c(O)c(F)c2n1. The van der Waals surface area contributed by atoms with Crippen molar-refractivity contribution in [1.29, 1.82) is 0 Å². The van der Waals surface area contributed by atoms with Gasteiger partial charge in [0.25, 0.3) is 0 Å². The highest BCUT2D eigenvalue weighted by Gasteiger charge is 2.34. The number of phenolic OH excluding ortho intramolecular Hbond substituents is 1. The Balaban J connectivity index is 1.35. The maximum absolute atomic E-state index is 14.6. The van der Waals surface area contributed by atoms with Gasteiger partial charge in [0.15, 0.2) is 11.6 Å². The molecule has 1 aliphatic carbocycles. The molecule has 1 saturated heterocycles. The van der Waals surface area contributed by atoms with E-state index < -0.39 is 11.6 Å². The van der Waals surface area contributed by atoms with E-state index in [-0.39, 0.29) is 5.52 Å². The number of nitrogens with zero attached hydrogens (tertiary/aromatic N) is 5. The Morgan fingerprint density at radius 3 is 2.90 bits per heavy atom. The monoisotopic (exact) mass is 418 g/mol. The Bertz CT molecular complexity index is 1310. The van der Waals surface area contributed by atoms with Gasteiger partial charge in [0.2, 0.25) is 0 Å². The first-order chi connectivity index (χ1) is 15.1. The largest absolute Gasteiger partial charge is 0.504 e. The molecule has 1 atom stereocenters. The minimum atomic E-state index is -0.741. The number of aryl methyl sites for hydroxylation is 1. The maximum atomic E-state index is 14.6. The smallest absolute Gasteiger partial charge is 0.193 e. The van der Waals surface area contributed by atoms with E-state index in [9.17, 15) is 9.50 Å². The van der Waals surface area contributed by atoms with E-state index in [1.807, 2.05) is 6.07 Å². The third-order valence-corrected chi connectivity index (χ3v) is 6.39. The van der Waals surface area contributed by atoms with E-state index in [1.165, 1.54) is 17.5 Å². The normalized spacial score (nSPS) is 19.4. The summed E-state index contributed by atoms with van der Waals surface area (Å²) in [7, 11) is 1.72. The number of rotatable bonds is 3. The van der Waals surface area contributed by atoms with Crippen LogP contribution in [0.2, 0.25) is 0 Å². The van der Waals surface area contributed by atoms with Gasteiger partial charge in [0.05, 0.1) is 22.9 Å². The number of aromatic nitrogens is 4. The molecule has 2 fully saturated rings. The summed E-state index contributed by atoms with van der Waals surface area (Å²) in [5, 5.41) is 18.7. The molecule has 1 aliphatic heterocycles. The summed E-state index contributed by atoms with van der Waals surface area (Å²) in [4.78, 5) is 11.6. The molecule has 8 heteroatoms. The van der Waals surface area contributed by atoms with Gasteiger partial charge in [-0.25, -0.2) is 9.37 Å². The Kier molecular flexibility index (Phi) is 4.11. The molecule has 7 nitrogen and oxygen atoms in total. The molecule has 0 unspecified atom stereocenters. The van der Waals surface area contributed by atoms with Crippen molar-refractivity contribution < 1.29 is 9.50 Å². The van der Waals surface area contributed by atoms with Crippen LogP contribution in [0, 0.1) is 11.7 Å². The number of fused-ring (bicyclic) bond motifs is 2. The lowest BCUT2D eigenvalue weighted by molar-refractivity contribution is 0.419. The number of phenols is 1. The van der Waals surface area contributed by atoms with E-state index >= 15 is 0 Å². The molecular formula is C23H23FN6O. The van der Waals surface area contributed by atoms with Crippen molar-refractivity contribution >= 4 is 27.6 Å². The zero-order valence-electron chi connectivity index (χ0n) is 17.2. The van der Waals surface area contributed by atoms with Gasteiger partial charge in [0, 0.05) is 55.6 Å². The highest BCUT2D eigenvalue weighted by Crippen LogP contribution is 2.36. The van der Waals surface area contributed by atoms with Crippen LogP contribution in [-0.4, -0.2) is 50.5 Å². The lowest BCUT2D eigenvalue weighted by atomic mass is 10.1. The molecular weight excluding hydrogens is 395 g/mol. The van der Waals surface area contributed by atoms with E-state index in [4.69, 9.17) is 0 Å². The van der Waals surface area contributed by atoms with Gasteiger partial charge in [-0.1, -0.05) is 0 Å². The average molecular weight is 418 g/mol. The first-order valence-corrected chi connectivity index (χ1v) is 10.7. The fourth-order valence-corrected chi connectivity index (χ4v) is 4.59. The summed E-state index contributed by atoms with van der Waals surface area (Å²) in [6, 6.07) is 8.35. The second-order valence-corrected chi connectivity index (χ2v) is 8.60. The second kappa shape index (κ2) is 6.88. The van der Waals surface area contributed by atoms with Gasteiger partial charge in [-0.2, -0.15) is 5.10 Å². The molecule has 2 aromatic heterocycles. The minimum absolute atomic E-state index is 0.141. The first-order valence-electron chi connectivity index (χ1n) is 10.7. The van der Waals surface area contributed by atoms with Gasteiger partial charge in [0.1, 0.15) is 5.52 Å². The van der Waals surface area contributed by atoms with Crippen LogP contribution >= 0.6 is 0 Å². The van der Waals surface area contributed by atoms with Crippen LogP contribution in [0.25, 0.3) is 33.2 Å². The van der Waals surface area contributed by atoms with Crippen molar-refractivity contribution in [2.75, 3.05) is 24.5 Å². The highest BCUT2D eigenvalue weighted by molar-refractivity contribution is 5.89. The van der Waals surface area contributed by atoms with E-state index in [0.29, 0.717) is 28.2 Å². The van der Waals surface area contributed by atoms with Crippen molar-refractivity contribution in [2.45, 2.75) is 18.9 Å². The summed E-state index contributed by atoms with van der Waals surface area (Å²) < 4.78 is 16.2. The second-order valence-electron chi connectivity index (χ2n) is 8.60. The van der Waals surface area contributed by atoms with Crippen molar-refractivity contribution in [2.24, 2.45) is 13.0 Å². The number of anilines is 1. The Hall–Kier alpha value is -3.26. The van der Waals surface area contributed by atoms with Crippen LogP contribution in [0.3, 0.4) is 0 Å². The predicted molar refractivity (Wildman–Crippen MR) is 118 cm³/mol. The molecule has 0 bridgehead atoms. The molecule has 2 aliphatic rings. The summed E-state index contributed by atoms with van der Waals surface area (Å²) in [6.45, 7) is 2.98. The zero-order chi connectivity index (χ0) is 21.1. The number of piperazine rings is 1. The van der Waals surface area contributed by atoms with Crippen LogP contribution in [0.4, 0.5) is 10.1 Å². The lowest BCUT2D eigenvalue weighted by Gasteiger charge is -2.35. The number of halogens is 1. The van der Waals surface area contributed by atoms with Crippen molar-refractivity contribution in [1.82, 2.24) is 25.1 Å². The minimum Gasteiger partial charge on any atom is -0.504 e. The quantitative estimate of drug-likeness (QED) is 0.532. The van der Waals surface area contributed by atoms with Gasteiger partial charge in [-0.05, 0) is 43.0 Å². The molecule has 0 radical (unpaired) electrons. The Labute approximate surface area is 178 Å². The van der Waals surface area contributed by atoms with Crippen molar-refractivity contribution in [3.63, 3.8) is 0 Å². The molecule has 3 heterocycles.